The molecule has 3 rings (SSSR count). The van der Waals surface area contributed by atoms with Crippen LogP contribution in [0.2, 0.25) is 0 Å². The first-order chi connectivity index (χ1) is 14.6. The summed E-state index contributed by atoms with van der Waals surface area (Å²) in [6, 6.07) is 10.1. The minimum Gasteiger partial charge on any atom is -0.493 e. The maximum absolute atomic E-state index is 12.7. The number of Topliss-reactive ketones (excluding diaryl/α,β-unsaturated/α-hetero) is 1. The van der Waals surface area contributed by atoms with Crippen molar-refractivity contribution in [2.75, 3.05) is 20.8 Å². The van der Waals surface area contributed by atoms with Crippen LogP contribution in [0, 0.1) is 0 Å². The lowest BCUT2D eigenvalue weighted by Crippen LogP contribution is -2.03. The first kappa shape index (κ1) is 21.4. The van der Waals surface area contributed by atoms with Gasteiger partial charge < -0.3 is 18.9 Å². The van der Waals surface area contributed by atoms with Gasteiger partial charge in [-0.2, -0.15) is 0 Å². The zero-order valence-electron chi connectivity index (χ0n) is 17.5. The van der Waals surface area contributed by atoms with E-state index in [1.807, 2.05) is 12.1 Å². The molecule has 0 aromatic heterocycles. The minimum absolute atomic E-state index is 0.183. The number of methoxy groups -OCH3 is 2. The Morgan fingerprint density at radius 2 is 1.87 bits per heavy atom. The fourth-order valence-electron chi connectivity index (χ4n) is 3.19. The highest BCUT2D eigenvalue weighted by molar-refractivity contribution is 6.15. The highest BCUT2D eigenvalue weighted by Crippen LogP contribution is 2.34. The molecular formula is C24H26O6. The quantitative estimate of drug-likeness (QED) is 0.327. The largest absolute Gasteiger partial charge is 0.493 e. The van der Waals surface area contributed by atoms with Crippen molar-refractivity contribution in [3.05, 3.63) is 58.8 Å². The molecule has 0 amide bonds. The molecule has 0 fully saturated rings. The van der Waals surface area contributed by atoms with E-state index in [4.69, 9.17) is 18.9 Å². The zero-order chi connectivity index (χ0) is 21.5. The lowest BCUT2D eigenvalue weighted by molar-refractivity contribution is 0.0600. The van der Waals surface area contributed by atoms with Gasteiger partial charge in [0, 0.05) is 0 Å². The smallest absolute Gasteiger partial charge is 0.337 e. The highest BCUT2D eigenvalue weighted by atomic mass is 16.5. The van der Waals surface area contributed by atoms with E-state index >= 15 is 0 Å². The lowest BCUT2D eigenvalue weighted by Gasteiger charge is -2.11. The van der Waals surface area contributed by atoms with E-state index in [9.17, 15) is 9.59 Å². The van der Waals surface area contributed by atoms with Crippen LogP contribution in [0.3, 0.4) is 0 Å². The van der Waals surface area contributed by atoms with Gasteiger partial charge >= 0.3 is 5.97 Å². The lowest BCUT2D eigenvalue weighted by atomic mass is 10.1. The molecule has 0 saturated carbocycles. The number of rotatable bonds is 9. The van der Waals surface area contributed by atoms with Gasteiger partial charge in [0.05, 0.1) is 32.0 Å². The molecule has 0 aliphatic carbocycles. The van der Waals surface area contributed by atoms with Crippen LogP contribution in [-0.2, 0) is 4.74 Å². The maximum atomic E-state index is 12.7. The Balaban J connectivity index is 1.74. The van der Waals surface area contributed by atoms with Crippen LogP contribution < -0.4 is 14.2 Å². The Labute approximate surface area is 176 Å². The van der Waals surface area contributed by atoms with Crippen molar-refractivity contribution in [2.24, 2.45) is 0 Å². The molecule has 1 aliphatic rings. The molecular weight excluding hydrogens is 384 g/mol. The predicted octanol–water partition coefficient (Wildman–Crippen LogP) is 5.06. The van der Waals surface area contributed by atoms with Gasteiger partial charge in [0.15, 0.2) is 17.3 Å². The molecule has 2 aromatic carbocycles. The summed E-state index contributed by atoms with van der Waals surface area (Å²) in [5.74, 6) is 1.07. The van der Waals surface area contributed by atoms with Gasteiger partial charge in [-0.3, -0.25) is 4.79 Å². The summed E-state index contributed by atoms with van der Waals surface area (Å²) in [6.45, 7) is 2.81. The highest BCUT2D eigenvalue weighted by Gasteiger charge is 2.28. The van der Waals surface area contributed by atoms with Crippen LogP contribution >= 0.6 is 0 Å². The number of hydrogen-bond acceptors (Lipinski definition) is 6. The van der Waals surface area contributed by atoms with Gasteiger partial charge in [-0.25, -0.2) is 4.79 Å². The molecule has 6 heteroatoms. The molecule has 1 aliphatic heterocycles. The fraction of sp³-hybridized carbons (Fsp3) is 0.333. The standard InChI is InChI=1S/C24H26O6/c1-4-5-6-7-12-29-20-10-8-16(13-21(20)27-2)14-22-23(25)18-15-17(24(26)28-3)9-11-19(18)30-22/h8-11,13-15H,4-7,12H2,1-3H3/b22-14-. The molecule has 0 N–H and O–H groups in total. The number of fused-ring (bicyclic) bond motifs is 1. The van der Waals surface area contributed by atoms with E-state index in [0.29, 0.717) is 35.0 Å². The first-order valence-corrected chi connectivity index (χ1v) is 10.0. The molecule has 0 spiro atoms. The summed E-state index contributed by atoms with van der Waals surface area (Å²) < 4.78 is 21.7. The molecule has 2 aromatic rings. The van der Waals surface area contributed by atoms with Crippen LogP contribution in [0.15, 0.2) is 42.2 Å². The number of ether oxygens (including phenoxy) is 4. The van der Waals surface area contributed by atoms with E-state index < -0.39 is 5.97 Å². The molecule has 30 heavy (non-hydrogen) atoms. The minimum atomic E-state index is -0.502. The summed E-state index contributed by atoms with van der Waals surface area (Å²) in [6.07, 6.45) is 6.16. The maximum Gasteiger partial charge on any atom is 0.337 e. The average Bonchev–Trinajstić information content (AvgIpc) is 3.08. The van der Waals surface area contributed by atoms with Gasteiger partial charge in [-0.1, -0.05) is 32.3 Å². The molecule has 0 unspecified atom stereocenters. The number of hydrogen-bond donors (Lipinski definition) is 0. The summed E-state index contributed by atoms with van der Waals surface area (Å²) >= 11 is 0. The Kier molecular flexibility index (Phi) is 7.12. The third-order valence-electron chi connectivity index (χ3n) is 4.83. The van der Waals surface area contributed by atoms with Gasteiger partial charge in [-0.05, 0) is 48.4 Å². The van der Waals surface area contributed by atoms with Crippen molar-refractivity contribution in [1.29, 1.82) is 0 Å². The molecule has 158 valence electrons. The molecule has 0 atom stereocenters. The monoisotopic (exact) mass is 410 g/mol. The number of ketones is 1. The van der Waals surface area contributed by atoms with Gasteiger partial charge in [0.25, 0.3) is 0 Å². The molecule has 1 heterocycles. The van der Waals surface area contributed by atoms with E-state index in [1.54, 1.807) is 31.4 Å². The van der Waals surface area contributed by atoms with Gasteiger partial charge in [0.1, 0.15) is 5.75 Å². The van der Waals surface area contributed by atoms with Crippen molar-refractivity contribution < 1.29 is 28.5 Å². The van der Waals surface area contributed by atoms with E-state index in [2.05, 4.69) is 6.92 Å². The summed E-state index contributed by atoms with van der Waals surface area (Å²) in [5, 5.41) is 0. The second kappa shape index (κ2) is 9.96. The first-order valence-electron chi connectivity index (χ1n) is 10.0. The fourth-order valence-corrected chi connectivity index (χ4v) is 3.19. The van der Waals surface area contributed by atoms with Crippen molar-refractivity contribution in [2.45, 2.75) is 32.6 Å². The van der Waals surface area contributed by atoms with Gasteiger partial charge in [0.2, 0.25) is 5.78 Å². The van der Waals surface area contributed by atoms with Crippen molar-refractivity contribution >= 4 is 17.8 Å². The van der Waals surface area contributed by atoms with Crippen molar-refractivity contribution in [1.82, 2.24) is 0 Å². The summed E-state index contributed by atoms with van der Waals surface area (Å²) in [7, 11) is 2.88. The summed E-state index contributed by atoms with van der Waals surface area (Å²) in [5.41, 5.74) is 1.38. The Bertz CT molecular complexity index is 960. The van der Waals surface area contributed by atoms with Crippen LogP contribution in [0.5, 0.6) is 17.2 Å². The number of unbranched alkanes of at least 4 members (excludes halogenated alkanes) is 3. The number of carbonyl (C=O) groups is 2. The second-order valence-corrected chi connectivity index (χ2v) is 6.96. The van der Waals surface area contributed by atoms with Crippen LogP contribution in [-0.4, -0.2) is 32.6 Å². The van der Waals surface area contributed by atoms with Crippen LogP contribution in [0.4, 0.5) is 0 Å². The topological polar surface area (TPSA) is 71.1 Å². The molecule has 0 radical (unpaired) electrons. The Morgan fingerprint density at radius 3 is 2.60 bits per heavy atom. The molecule has 0 saturated heterocycles. The number of allylic oxidation sites excluding steroid dienone is 1. The van der Waals surface area contributed by atoms with E-state index in [1.165, 1.54) is 26.0 Å². The molecule has 6 nitrogen and oxygen atoms in total. The van der Waals surface area contributed by atoms with E-state index in [0.717, 1.165) is 18.4 Å². The zero-order valence-corrected chi connectivity index (χ0v) is 17.5. The normalized spacial score (nSPS) is 13.7. The number of benzene rings is 2. The average molecular weight is 410 g/mol. The van der Waals surface area contributed by atoms with Gasteiger partial charge in [-0.15, -0.1) is 0 Å². The predicted molar refractivity (Wildman–Crippen MR) is 113 cm³/mol. The van der Waals surface area contributed by atoms with Crippen molar-refractivity contribution in [3.8, 4) is 17.2 Å². The number of carbonyl (C=O) groups excluding carboxylic acids is 2. The summed E-state index contributed by atoms with van der Waals surface area (Å²) in [4.78, 5) is 24.4. The second-order valence-electron chi connectivity index (χ2n) is 6.96. The van der Waals surface area contributed by atoms with Crippen LogP contribution in [0.25, 0.3) is 6.08 Å². The number of esters is 1. The SMILES string of the molecule is CCCCCCOc1ccc(/C=C2\Oc3ccc(C(=O)OC)cc3C2=O)cc1OC. The molecule has 0 bridgehead atoms. The third-order valence-corrected chi connectivity index (χ3v) is 4.83. The van der Waals surface area contributed by atoms with Crippen LogP contribution in [0.1, 0.15) is 58.9 Å². The Morgan fingerprint density at radius 1 is 1.03 bits per heavy atom. The van der Waals surface area contributed by atoms with E-state index in [-0.39, 0.29) is 11.5 Å². The van der Waals surface area contributed by atoms with Crippen molar-refractivity contribution in [3.63, 3.8) is 0 Å². The Hall–Kier alpha value is -3.28. The third kappa shape index (κ3) is 4.82.